The molecule has 0 fully saturated rings. The van der Waals surface area contributed by atoms with Crippen LogP contribution < -0.4 is 10.1 Å². The molecule has 0 saturated heterocycles. The van der Waals surface area contributed by atoms with Crippen molar-refractivity contribution < 1.29 is 17.9 Å². The van der Waals surface area contributed by atoms with Crippen LogP contribution in [0.1, 0.15) is 15.9 Å². The van der Waals surface area contributed by atoms with Crippen molar-refractivity contribution >= 4 is 21.6 Å². The fourth-order valence-electron chi connectivity index (χ4n) is 2.76. The summed E-state index contributed by atoms with van der Waals surface area (Å²) in [6.07, 6.45) is 3.52. The van der Waals surface area contributed by atoms with Crippen LogP contribution in [0.4, 0.5) is 5.69 Å². The fraction of sp³-hybridized carbons (Fsp3) is 0.200. The highest BCUT2D eigenvalue weighted by atomic mass is 32.2. The van der Waals surface area contributed by atoms with Gasteiger partial charge >= 0.3 is 0 Å². The van der Waals surface area contributed by atoms with Gasteiger partial charge in [0.15, 0.2) is 0 Å². The minimum atomic E-state index is -3.77. The quantitative estimate of drug-likeness (QED) is 0.641. The lowest BCUT2D eigenvalue weighted by molar-refractivity contribution is 0.102. The number of methoxy groups -OCH3 is 1. The summed E-state index contributed by atoms with van der Waals surface area (Å²) in [5.74, 6) is -0.245. The number of nitrogens with one attached hydrogen (secondary N) is 1. The van der Waals surface area contributed by atoms with Crippen molar-refractivity contribution in [1.29, 1.82) is 0 Å². The first-order chi connectivity index (χ1) is 13.8. The lowest BCUT2D eigenvalue weighted by Gasteiger charge is -2.16. The second kappa shape index (κ2) is 8.46. The van der Waals surface area contributed by atoms with Crippen molar-refractivity contribution in [3.05, 3.63) is 72.1 Å². The second-order valence-corrected chi connectivity index (χ2v) is 8.59. The Bertz CT molecular complexity index is 1110. The Hall–Kier alpha value is -3.17. The van der Waals surface area contributed by atoms with Crippen LogP contribution in [0.2, 0.25) is 0 Å². The van der Waals surface area contributed by atoms with E-state index < -0.39 is 15.9 Å². The van der Waals surface area contributed by atoms with Crippen LogP contribution in [0, 0.1) is 0 Å². The summed E-state index contributed by atoms with van der Waals surface area (Å²) in [6.45, 7) is 0.492. The number of nitrogens with zero attached hydrogens (tertiary/aromatic N) is 3. The number of amides is 1. The molecule has 3 aromatic rings. The molecule has 0 spiro atoms. The van der Waals surface area contributed by atoms with Crippen molar-refractivity contribution in [1.82, 2.24) is 14.1 Å². The zero-order chi connectivity index (χ0) is 21.0. The molecular formula is C20H22N4O4S. The molecule has 9 heteroatoms. The van der Waals surface area contributed by atoms with Crippen molar-refractivity contribution in [3.8, 4) is 5.75 Å². The van der Waals surface area contributed by atoms with Crippen molar-refractivity contribution in [2.24, 2.45) is 0 Å². The van der Waals surface area contributed by atoms with Gasteiger partial charge in [-0.3, -0.25) is 9.48 Å². The summed E-state index contributed by atoms with van der Waals surface area (Å²) < 4.78 is 33.2. The maximum absolute atomic E-state index is 12.8. The predicted molar refractivity (Wildman–Crippen MR) is 110 cm³/mol. The zero-order valence-corrected chi connectivity index (χ0v) is 17.2. The van der Waals surface area contributed by atoms with Gasteiger partial charge in [0.25, 0.3) is 5.91 Å². The Kier molecular flexibility index (Phi) is 6.00. The van der Waals surface area contributed by atoms with E-state index in [0.29, 0.717) is 12.2 Å². The summed E-state index contributed by atoms with van der Waals surface area (Å²) in [4.78, 5) is 12.8. The van der Waals surface area contributed by atoms with Gasteiger partial charge in [-0.2, -0.15) is 5.10 Å². The molecule has 0 aliphatic carbocycles. The number of rotatable bonds is 7. The molecule has 0 atom stereocenters. The van der Waals surface area contributed by atoms with Gasteiger partial charge in [0.1, 0.15) is 10.6 Å². The zero-order valence-electron chi connectivity index (χ0n) is 16.4. The van der Waals surface area contributed by atoms with E-state index in [1.807, 2.05) is 30.5 Å². The number of aromatic nitrogens is 2. The molecule has 0 aliphatic rings. The molecule has 1 amide bonds. The van der Waals surface area contributed by atoms with Gasteiger partial charge in [0.05, 0.1) is 13.7 Å². The summed E-state index contributed by atoms with van der Waals surface area (Å²) in [5, 5.41) is 7.04. The SMILES string of the molecule is COc1ccc(C(=O)Nc2ccccc2Cn2cccn2)cc1S(=O)(=O)N(C)C. The van der Waals surface area contributed by atoms with Gasteiger partial charge in [0.2, 0.25) is 10.0 Å². The van der Waals surface area contributed by atoms with Gasteiger partial charge in [0, 0.05) is 37.7 Å². The minimum absolute atomic E-state index is 0.0672. The topological polar surface area (TPSA) is 93.5 Å². The summed E-state index contributed by atoms with van der Waals surface area (Å²) in [7, 11) is 0.457. The first kappa shape index (κ1) is 20.6. The third-order valence-electron chi connectivity index (χ3n) is 4.34. The normalized spacial score (nSPS) is 11.4. The number of hydrogen-bond donors (Lipinski definition) is 1. The second-order valence-electron chi connectivity index (χ2n) is 6.47. The molecule has 1 heterocycles. The van der Waals surface area contributed by atoms with Crippen LogP contribution in [0.15, 0.2) is 65.8 Å². The molecule has 1 N–H and O–H groups in total. The van der Waals surface area contributed by atoms with E-state index in [2.05, 4.69) is 10.4 Å². The highest BCUT2D eigenvalue weighted by molar-refractivity contribution is 7.89. The first-order valence-electron chi connectivity index (χ1n) is 8.80. The van der Waals surface area contributed by atoms with E-state index in [1.165, 1.54) is 39.4 Å². The van der Waals surface area contributed by atoms with Crippen LogP contribution >= 0.6 is 0 Å². The molecule has 0 bridgehead atoms. The summed E-state index contributed by atoms with van der Waals surface area (Å²) in [5.41, 5.74) is 1.71. The van der Waals surface area contributed by atoms with Gasteiger partial charge in [-0.1, -0.05) is 18.2 Å². The molecule has 1 aromatic heterocycles. The number of carbonyl (C=O) groups excluding carboxylic acids is 1. The number of ether oxygens (including phenoxy) is 1. The average molecular weight is 414 g/mol. The maximum Gasteiger partial charge on any atom is 0.255 e. The molecular weight excluding hydrogens is 392 g/mol. The fourth-order valence-corrected chi connectivity index (χ4v) is 3.83. The van der Waals surface area contributed by atoms with Crippen LogP contribution in [0.25, 0.3) is 0 Å². The molecule has 0 saturated carbocycles. The lowest BCUT2D eigenvalue weighted by Crippen LogP contribution is -2.23. The molecule has 0 aliphatic heterocycles. The van der Waals surface area contributed by atoms with E-state index in [-0.39, 0.29) is 16.2 Å². The summed E-state index contributed by atoms with van der Waals surface area (Å²) in [6, 6.07) is 13.5. The molecule has 0 radical (unpaired) electrons. The Morgan fingerprint density at radius 3 is 2.59 bits per heavy atom. The smallest absolute Gasteiger partial charge is 0.255 e. The van der Waals surface area contributed by atoms with Crippen molar-refractivity contribution in [2.75, 3.05) is 26.5 Å². The number of hydrogen-bond acceptors (Lipinski definition) is 5. The number of para-hydroxylation sites is 1. The number of benzene rings is 2. The van der Waals surface area contributed by atoms with Crippen LogP contribution in [0.3, 0.4) is 0 Å². The molecule has 29 heavy (non-hydrogen) atoms. The van der Waals surface area contributed by atoms with E-state index in [9.17, 15) is 13.2 Å². The van der Waals surface area contributed by atoms with E-state index in [1.54, 1.807) is 16.9 Å². The Morgan fingerprint density at radius 1 is 1.17 bits per heavy atom. The number of anilines is 1. The van der Waals surface area contributed by atoms with Gasteiger partial charge in [-0.25, -0.2) is 12.7 Å². The molecule has 152 valence electrons. The van der Waals surface area contributed by atoms with Crippen molar-refractivity contribution in [2.45, 2.75) is 11.4 Å². The number of carbonyl (C=O) groups is 1. The van der Waals surface area contributed by atoms with E-state index >= 15 is 0 Å². The highest BCUT2D eigenvalue weighted by Crippen LogP contribution is 2.27. The molecule has 8 nitrogen and oxygen atoms in total. The van der Waals surface area contributed by atoms with Crippen molar-refractivity contribution in [3.63, 3.8) is 0 Å². The Balaban J connectivity index is 1.91. The monoisotopic (exact) mass is 414 g/mol. The third-order valence-corrected chi connectivity index (χ3v) is 6.18. The minimum Gasteiger partial charge on any atom is -0.495 e. The molecule has 0 unspecified atom stereocenters. The number of sulfonamides is 1. The molecule has 3 rings (SSSR count). The maximum atomic E-state index is 12.8. The van der Waals surface area contributed by atoms with Crippen LogP contribution in [-0.2, 0) is 16.6 Å². The third kappa shape index (κ3) is 4.47. The largest absolute Gasteiger partial charge is 0.495 e. The van der Waals surface area contributed by atoms with E-state index in [0.717, 1.165) is 9.87 Å². The predicted octanol–water partition coefficient (Wildman–Crippen LogP) is 2.44. The van der Waals surface area contributed by atoms with Crippen LogP contribution in [-0.4, -0.2) is 49.6 Å². The lowest BCUT2D eigenvalue weighted by atomic mass is 10.1. The average Bonchev–Trinajstić information content (AvgIpc) is 3.22. The van der Waals surface area contributed by atoms with E-state index in [4.69, 9.17) is 4.74 Å². The van der Waals surface area contributed by atoms with Gasteiger partial charge in [-0.15, -0.1) is 0 Å². The van der Waals surface area contributed by atoms with Gasteiger partial charge in [-0.05, 0) is 35.9 Å². The Morgan fingerprint density at radius 2 is 1.93 bits per heavy atom. The van der Waals surface area contributed by atoms with Gasteiger partial charge < -0.3 is 10.1 Å². The van der Waals surface area contributed by atoms with Crippen LogP contribution in [0.5, 0.6) is 5.75 Å². The Labute approximate surface area is 169 Å². The standard InChI is InChI=1S/C20H22N4O4S/c1-23(2)29(26,27)19-13-15(9-10-18(19)28-3)20(25)22-17-8-5-4-7-16(17)14-24-12-6-11-21-24/h4-13H,14H2,1-3H3,(H,22,25). The highest BCUT2D eigenvalue weighted by Gasteiger charge is 2.24. The molecule has 2 aromatic carbocycles. The summed E-state index contributed by atoms with van der Waals surface area (Å²) >= 11 is 0. The first-order valence-corrected chi connectivity index (χ1v) is 10.2.